The third-order valence-corrected chi connectivity index (χ3v) is 7.19. The molecule has 1 saturated heterocycles. The summed E-state index contributed by atoms with van der Waals surface area (Å²) in [5, 5.41) is 0. The van der Waals surface area contributed by atoms with Crippen molar-refractivity contribution in [1.82, 2.24) is 4.31 Å². The minimum atomic E-state index is -2.99. The summed E-state index contributed by atoms with van der Waals surface area (Å²) in [6, 6.07) is 0. The van der Waals surface area contributed by atoms with Crippen molar-refractivity contribution >= 4 is 26.0 Å². The van der Waals surface area contributed by atoms with Crippen molar-refractivity contribution in [3.05, 3.63) is 0 Å². The minimum Gasteiger partial charge on any atom is -0.213 e. The van der Waals surface area contributed by atoms with Gasteiger partial charge < -0.3 is 0 Å². The molecule has 1 saturated carbocycles. The van der Waals surface area contributed by atoms with E-state index < -0.39 is 10.0 Å². The Hall–Kier alpha value is 0.390. The van der Waals surface area contributed by atoms with Gasteiger partial charge in [-0.1, -0.05) is 28.8 Å². The summed E-state index contributed by atoms with van der Waals surface area (Å²) < 4.78 is 24.9. The van der Waals surface area contributed by atoms with Crippen molar-refractivity contribution in [2.45, 2.75) is 56.2 Å². The molecule has 1 aliphatic carbocycles. The van der Waals surface area contributed by atoms with Gasteiger partial charge in [-0.15, -0.1) is 0 Å². The van der Waals surface area contributed by atoms with E-state index in [1.807, 2.05) is 0 Å². The standard InChI is InChI=1S/C14H26BrNO2S/c1-19(17,18)16-10-4-5-12(11-16)8-9-14(15)13-6-2-3-7-13/h12-14H,2-11H2,1H3. The SMILES string of the molecule is CS(=O)(=O)N1CCCC(CCC(Br)C2CCCC2)C1. The Morgan fingerprint density at radius 2 is 1.89 bits per heavy atom. The fraction of sp³-hybridized carbons (Fsp3) is 1.00. The third-order valence-electron chi connectivity index (χ3n) is 4.71. The lowest BCUT2D eigenvalue weighted by Crippen LogP contribution is -2.39. The van der Waals surface area contributed by atoms with E-state index >= 15 is 0 Å². The topological polar surface area (TPSA) is 37.4 Å². The predicted octanol–water partition coefficient (Wildman–Crippen LogP) is 3.39. The second-order valence-electron chi connectivity index (χ2n) is 6.27. The molecule has 2 unspecified atom stereocenters. The fourth-order valence-electron chi connectivity index (χ4n) is 3.51. The third kappa shape index (κ3) is 4.71. The van der Waals surface area contributed by atoms with Crippen LogP contribution >= 0.6 is 15.9 Å². The van der Waals surface area contributed by atoms with Gasteiger partial charge in [0.2, 0.25) is 10.0 Å². The number of sulfonamides is 1. The van der Waals surface area contributed by atoms with Crippen LogP contribution < -0.4 is 0 Å². The van der Waals surface area contributed by atoms with E-state index in [2.05, 4.69) is 15.9 Å². The lowest BCUT2D eigenvalue weighted by molar-refractivity contribution is 0.250. The van der Waals surface area contributed by atoms with Crippen LogP contribution in [0.25, 0.3) is 0 Å². The van der Waals surface area contributed by atoms with Crippen molar-refractivity contribution in [3.8, 4) is 0 Å². The number of rotatable bonds is 5. The van der Waals surface area contributed by atoms with Gasteiger partial charge in [0.05, 0.1) is 6.26 Å². The molecule has 2 aliphatic rings. The first-order valence-electron chi connectivity index (χ1n) is 7.56. The average Bonchev–Trinajstić information content (AvgIpc) is 2.89. The summed E-state index contributed by atoms with van der Waals surface area (Å²) in [5.74, 6) is 1.42. The first-order valence-corrected chi connectivity index (χ1v) is 10.3. The molecule has 2 fully saturated rings. The molecule has 0 radical (unpaired) electrons. The summed E-state index contributed by atoms with van der Waals surface area (Å²) in [5.41, 5.74) is 0. The van der Waals surface area contributed by atoms with Crippen LogP contribution in [0.15, 0.2) is 0 Å². The Labute approximate surface area is 126 Å². The molecule has 19 heavy (non-hydrogen) atoms. The van der Waals surface area contributed by atoms with Gasteiger partial charge in [0, 0.05) is 17.9 Å². The molecule has 0 amide bonds. The van der Waals surface area contributed by atoms with Gasteiger partial charge in [-0.2, -0.15) is 0 Å². The molecule has 2 rings (SSSR count). The number of nitrogens with zero attached hydrogens (tertiary/aromatic N) is 1. The molecule has 0 aromatic carbocycles. The van der Waals surface area contributed by atoms with E-state index in [1.165, 1.54) is 51.2 Å². The van der Waals surface area contributed by atoms with E-state index in [9.17, 15) is 8.42 Å². The van der Waals surface area contributed by atoms with Gasteiger partial charge in [0.25, 0.3) is 0 Å². The van der Waals surface area contributed by atoms with Gasteiger partial charge in [0.1, 0.15) is 0 Å². The highest BCUT2D eigenvalue weighted by Crippen LogP contribution is 2.35. The lowest BCUT2D eigenvalue weighted by Gasteiger charge is -2.31. The largest absolute Gasteiger partial charge is 0.213 e. The van der Waals surface area contributed by atoms with Gasteiger partial charge >= 0.3 is 0 Å². The molecule has 1 aliphatic heterocycles. The van der Waals surface area contributed by atoms with Gasteiger partial charge in [-0.05, 0) is 50.4 Å². The van der Waals surface area contributed by atoms with Crippen LogP contribution in [0.3, 0.4) is 0 Å². The van der Waals surface area contributed by atoms with Crippen LogP contribution in [0.2, 0.25) is 0 Å². The van der Waals surface area contributed by atoms with E-state index in [1.54, 1.807) is 4.31 Å². The monoisotopic (exact) mass is 351 g/mol. The van der Waals surface area contributed by atoms with Crippen LogP contribution in [0, 0.1) is 11.8 Å². The van der Waals surface area contributed by atoms with E-state index in [4.69, 9.17) is 0 Å². The molecular weight excluding hydrogens is 326 g/mol. The molecule has 0 N–H and O–H groups in total. The molecule has 112 valence electrons. The van der Waals surface area contributed by atoms with Crippen molar-refractivity contribution in [2.75, 3.05) is 19.3 Å². The average molecular weight is 352 g/mol. The van der Waals surface area contributed by atoms with E-state index in [0.717, 1.165) is 25.4 Å². The minimum absolute atomic E-state index is 0.560. The van der Waals surface area contributed by atoms with Crippen LogP contribution in [0.5, 0.6) is 0 Å². The summed E-state index contributed by atoms with van der Waals surface area (Å²) in [4.78, 5) is 0.642. The zero-order valence-corrected chi connectivity index (χ0v) is 14.3. The van der Waals surface area contributed by atoms with E-state index in [0.29, 0.717) is 10.7 Å². The van der Waals surface area contributed by atoms with Crippen molar-refractivity contribution in [2.24, 2.45) is 11.8 Å². The highest BCUT2D eigenvalue weighted by atomic mass is 79.9. The normalized spacial score (nSPS) is 28.6. The van der Waals surface area contributed by atoms with Gasteiger partial charge in [-0.25, -0.2) is 12.7 Å². The zero-order valence-electron chi connectivity index (χ0n) is 11.9. The first kappa shape index (κ1) is 15.8. The lowest BCUT2D eigenvalue weighted by atomic mass is 9.91. The highest BCUT2D eigenvalue weighted by molar-refractivity contribution is 9.09. The van der Waals surface area contributed by atoms with Crippen LogP contribution in [0.4, 0.5) is 0 Å². The first-order chi connectivity index (χ1) is 8.97. The maximum Gasteiger partial charge on any atom is 0.211 e. The number of piperidine rings is 1. The molecule has 3 nitrogen and oxygen atoms in total. The Kier molecular flexibility index (Phi) is 5.73. The smallest absolute Gasteiger partial charge is 0.211 e. The molecule has 1 heterocycles. The Morgan fingerprint density at radius 1 is 1.21 bits per heavy atom. The Balaban J connectivity index is 1.76. The summed E-state index contributed by atoms with van der Waals surface area (Å²) in [6.07, 6.45) is 11.4. The molecule has 0 spiro atoms. The maximum atomic E-state index is 11.6. The number of hydrogen-bond acceptors (Lipinski definition) is 2. The number of halogens is 1. The van der Waals surface area contributed by atoms with Gasteiger partial charge in [-0.3, -0.25) is 0 Å². The number of alkyl halides is 1. The van der Waals surface area contributed by atoms with Gasteiger partial charge in [0.15, 0.2) is 0 Å². The highest BCUT2D eigenvalue weighted by Gasteiger charge is 2.28. The fourth-order valence-corrected chi connectivity index (χ4v) is 5.25. The van der Waals surface area contributed by atoms with E-state index in [-0.39, 0.29) is 0 Å². The van der Waals surface area contributed by atoms with Crippen molar-refractivity contribution in [1.29, 1.82) is 0 Å². The quantitative estimate of drug-likeness (QED) is 0.712. The summed E-state index contributed by atoms with van der Waals surface area (Å²) in [6.45, 7) is 1.46. The van der Waals surface area contributed by atoms with Crippen LogP contribution in [0.1, 0.15) is 51.4 Å². The molecule has 5 heteroatoms. The molecule has 0 aromatic rings. The molecule has 0 bridgehead atoms. The second kappa shape index (κ2) is 6.90. The summed E-state index contributed by atoms with van der Waals surface area (Å²) >= 11 is 3.85. The second-order valence-corrected chi connectivity index (χ2v) is 9.43. The zero-order chi connectivity index (χ0) is 13.9. The van der Waals surface area contributed by atoms with Crippen LogP contribution in [-0.4, -0.2) is 36.9 Å². The molecule has 0 aromatic heterocycles. The van der Waals surface area contributed by atoms with Crippen LogP contribution in [-0.2, 0) is 10.0 Å². The summed E-state index contributed by atoms with van der Waals surface area (Å²) in [7, 11) is -2.99. The molecule has 2 atom stereocenters. The van der Waals surface area contributed by atoms with Crippen molar-refractivity contribution in [3.63, 3.8) is 0 Å². The predicted molar refractivity (Wildman–Crippen MR) is 83.0 cm³/mol. The molecular formula is C14H26BrNO2S. The Morgan fingerprint density at radius 3 is 2.53 bits per heavy atom. The Bertz CT molecular complexity index is 379. The number of hydrogen-bond donors (Lipinski definition) is 0. The maximum absolute atomic E-state index is 11.6. The van der Waals surface area contributed by atoms with Crippen molar-refractivity contribution < 1.29 is 8.42 Å².